The highest BCUT2D eigenvalue weighted by Gasteiger charge is 2.48. The first-order chi connectivity index (χ1) is 34.3. The smallest absolute Gasteiger partial charge is 0.277 e. The van der Waals surface area contributed by atoms with Gasteiger partial charge in [-0.3, -0.25) is 9.47 Å². The second kappa shape index (κ2) is 17.2. The Labute approximate surface area is 429 Å². The van der Waals surface area contributed by atoms with E-state index >= 15 is 0 Å². The molecular weight excluding hydrogens is 872 g/mol. The molecule has 0 aliphatic carbocycles. The summed E-state index contributed by atoms with van der Waals surface area (Å²) in [5.41, 5.74) is 20.9. The van der Waals surface area contributed by atoms with Gasteiger partial charge in [-0.15, -0.1) is 0 Å². The number of imidazole rings is 1. The average Bonchev–Trinajstić information content (AvgIpc) is 3.76. The number of hydrogen-bond acceptors (Lipinski definition) is 3. The van der Waals surface area contributed by atoms with E-state index in [1.807, 2.05) is 0 Å². The highest BCUT2D eigenvalue weighted by Crippen LogP contribution is 2.52. The van der Waals surface area contributed by atoms with Crippen molar-refractivity contribution in [1.29, 1.82) is 0 Å². The molecule has 0 spiro atoms. The molecule has 0 N–H and O–H groups in total. The largest absolute Gasteiger partial charge is 0.311 e. The normalized spacial score (nSPS) is 13.5. The molecule has 11 rings (SSSR count). The lowest BCUT2D eigenvalue weighted by Gasteiger charge is -2.45. The fourth-order valence-corrected chi connectivity index (χ4v) is 10.9. The summed E-state index contributed by atoms with van der Waals surface area (Å²) in [5.74, 6) is 1.95. The molecule has 3 heterocycles. The second-order valence-corrected chi connectivity index (χ2v) is 24.2. The third-order valence-corrected chi connectivity index (χ3v) is 15.0. The number of nitrogens with zero attached hydrogens (tertiary/aromatic N) is 4. The summed E-state index contributed by atoms with van der Waals surface area (Å²) in [7, 11) is 0. The molecule has 0 amide bonds. The number of hydrogen-bond donors (Lipinski definition) is 0. The van der Waals surface area contributed by atoms with Crippen LogP contribution in [0.25, 0.3) is 39.3 Å². The van der Waals surface area contributed by atoms with E-state index in [0.717, 1.165) is 67.8 Å². The molecule has 358 valence electrons. The van der Waals surface area contributed by atoms with Gasteiger partial charge in [0.2, 0.25) is 0 Å². The number of benzene rings is 8. The van der Waals surface area contributed by atoms with Crippen molar-refractivity contribution in [3.63, 3.8) is 0 Å². The van der Waals surface area contributed by atoms with Crippen molar-refractivity contribution in [2.24, 2.45) is 0 Å². The molecule has 9 aromatic rings. The predicted octanol–water partition coefficient (Wildman–Crippen LogP) is 16.1. The van der Waals surface area contributed by atoms with E-state index < -0.39 is 0 Å². The summed E-state index contributed by atoms with van der Waals surface area (Å²) >= 11 is 0. The van der Waals surface area contributed by atoms with Crippen LogP contribution in [0.15, 0.2) is 188 Å². The van der Waals surface area contributed by atoms with E-state index in [1.165, 1.54) is 44.6 Å². The minimum atomic E-state index is -0.209. The molecule has 0 atom stereocenters. The number of rotatable bonds is 6. The fourth-order valence-electron chi connectivity index (χ4n) is 10.9. The zero-order valence-corrected chi connectivity index (χ0v) is 44.3. The highest BCUT2D eigenvalue weighted by molar-refractivity contribution is 7.00. The summed E-state index contributed by atoms with van der Waals surface area (Å²) in [6.07, 6.45) is 0. The van der Waals surface area contributed by atoms with Crippen LogP contribution in [-0.4, -0.2) is 16.3 Å². The summed E-state index contributed by atoms with van der Waals surface area (Å²) < 4.78 is 2.47. The maximum absolute atomic E-state index is 6.10. The van der Waals surface area contributed by atoms with E-state index in [4.69, 9.17) is 4.98 Å². The first-order valence-electron chi connectivity index (χ1n) is 25.8. The average molecular weight is 939 g/mol. The maximum atomic E-state index is 6.10. The molecule has 2 aliphatic rings. The zero-order chi connectivity index (χ0) is 50.5. The number of para-hydroxylation sites is 2. The van der Waals surface area contributed by atoms with Crippen LogP contribution in [0.3, 0.4) is 0 Å². The predicted molar refractivity (Wildman–Crippen MR) is 309 cm³/mol. The Morgan fingerprint density at radius 1 is 0.375 bits per heavy atom. The van der Waals surface area contributed by atoms with Crippen molar-refractivity contribution in [3.05, 3.63) is 210 Å². The van der Waals surface area contributed by atoms with E-state index in [9.17, 15) is 0 Å². The molecule has 0 fully saturated rings. The highest BCUT2D eigenvalue weighted by atomic mass is 15.3. The van der Waals surface area contributed by atoms with Crippen molar-refractivity contribution in [1.82, 2.24) is 9.55 Å². The van der Waals surface area contributed by atoms with Crippen LogP contribution in [0.4, 0.5) is 34.3 Å². The first kappa shape index (κ1) is 47.0. The van der Waals surface area contributed by atoms with E-state index in [1.54, 1.807) is 0 Å². The molecule has 0 saturated heterocycles. The number of fused-ring (bicyclic) bond motifs is 4. The lowest BCUT2D eigenvalue weighted by molar-refractivity contribution is 0.589. The summed E-state index contributed by atoms with van der Waals surface area (Å²) in [5, 5.41) is 0. The molecule has 4 nitrogen and oxygen atoms in total. The van der Waals surface area contributed by atoms with Crippen LogP contribution in [0.1, 0.15) is 105 Å². The number of aromatic nitrogens is 2. The van der Waals surface area contributed by atoms with Crippen molar-refractivity contribution < 1.29 is 0 Å². The Kier molecular flexibility index (Phi) is 11.2. The van der Waals surface area contributed by atoms with E-state index in [0.29, 0.717) is 0 Å². The molecule has 0 unspecified atom stereocenters. The van der Waals surface area contributed by atoms with Gasteiger partial charge in [0.25, 0.3) is 6.71 Å². The Morgan fingerprint density at radius 3 is 1.36 bits per heavy atom. The summed E-state index contributed by atoms with van der Waals surface area (Å²) in [4.78, 5) is 11.3. The lowest BCUT2D eigenvalue weighted by atomic mass is 9.35. The zero-order valence-electron chi connectivity index (χ0n) is 44.3. The molecule has 0 radical (unpaired) electrons. The Bertz CT molecular complexity index is 3410. The first-order valence-corrected chi connectivity index (χ1v) is 25.8. The van der Waals surface area contributed by atoms with Crippen LogP contribution in [0, 0.1) is 0 Å². The third kappa shape index (κ3) is 8.08. The standard InChI is InChI=1S/C67H67BN4/c1-64(2,3)47-33-31-46(32-34-47)62-69-61-63(71(62)51-27-20-15-21-28-51)72(60-53(44-23-16-13-17-24-44)29-22-30-54(60)45-25-18-14-19-26-45)58-43-50(67(10,11)12)42-57-59(58)68(61)55-41-49(66(7,8)9)37-40-56(55)70(57)52-38-35-48(36-39-52)65(4,5)6/h13-43H,1-12H3. The van der Waals surface area contributed by atoms with E-state index in [-0.39, 0.29) is 28.4 Å². The van der Waals surface area contributed by atoms with Gasteiger partial charge in [0.1, 0.15) is 11.6 Å². The van der Waals surface area contributed by atoms with Gasteiger partial charge in [-0.1, -0.05) is 229 Å². The second-order valence-electron chi connectivity index (χ2n) is 24.2. The molecule has 2 aliphatic heterocycles. The van der Waals surface area contributed by atoms with Gasteiger partial charge in [-0.05, 0) is 108 Å². The molecule has 0 saturated carbocycles. The van der Waals surface area contributed by atoms with Gasteiger partial charge < -0.3 is 4.90 Å². The maximum Gasteiger partial charge on any atom is 0.277 e. The monoisotopic (exact) mass is 939 g/mol. The van der Waals surface area contributed by atoms with Crippen molar-refractivity contribution >= 4 is 57.5 Å². The van der Waals surface area contributed by atoms with Gasteiger partial charge in [0, 0.05) is 45.1 Å². The molecule has 5 heteroatoms. The van der Waals surface area contributed by atoms with Gasteiger partial charge in [-0.25, -0.2) is 4.98 Å². The molecule has 0 bridgehead atoms. The SMILES string of the molecule is CC(C)(C)c1ccc(-c2nc3c(n2-c2ccccc2)N(c2c(-c4ccccc4)cccc2-c2ccccc2)c2cc(C(C)(C)C)cc4c2B3c2cc(C(C)(C)C)ccc2N4c2ccc(C(C)(C)C)cc2)cc1. The van der Waals surface area contributed by atoms with Crippen molar-refractivity contribution in [2.45, 2.75) is 105 Å². The van der Waals surface area contributed by atoms with Crippen LogP contribution in [-0.2, 0) is 21.7 Å². The van der Waals surface area contributed by atoms with Gasteiger partial charge in [0.15, 0.2) is 0 Å². The minimum Gasteiger partial charge on any atom is -0.311 e. The number of anilines is 6. The van der Waals surface area contributed by atoms with Crippen LogP contribution < -0.4 is 26.3 Å². The van der Waals surface area contributed by atoms with Crippen molar-refractivity contribution in [2.75, 3.05) is 9.80 Å². The molecule has 72 heavy (non-hydrogen) atoms. The van der Waals surface area contributed by atoms with Crippen LogP contribution in [0.5, 0.6) is 0 Å². The molecule has 8 aromatic carbocycles. The topological polar surface area (TPSA) is 24.3 Å². The minimum absolute atomic E-state index is 0.00325. The molecule has 1 aromatic heterocycles. The van der Waals surface area contributed by atoms with E-state index in [2.05, 4.69) is 286 Å². The Hall–Kier alpha value is -7.37. The fraction of sp³-hybridized carbons (Fsp3) is 0.239. The van der Waals surface area contributed by atoms with Crippen LogP contribution >= 0.6 is 0 Å². The summed E-state index contributed by atoms with van der Waals surface area (Å²) in [6.45, 7) is 27.6. The van der Waals surface area contributed by atoms with Gasteiger partial charge >= 0.3 is 0 Å². The van der Waals surface area contributed by atoms with Crippen molar-refractivity contribution in [3.8, 4) is 39.3 Å². The third-order valence-electron chi connectivity index (χ3n) is 15.0. The Balaban J connectivity index is 1.35. The summed E-state index contributed by atoms with van der Waals surface area (Å²) in [6, 6.07) is 70.5. The Morgan fingerprint density at radius 2 is 0.847 bits per heavy atom. The lowest BCUT2D eigenvalue weighted by Crippen LogP contribution is -2.62. The van der Waals surface area contributed by atoms with Crippen LogP contribution in [0.2, 0.25) is 0 Å². The quantitative estimate of drug-likeness (QED) is 0.155. The van der Waals surface area contributed by atoms with Gasteiger partial charge in [-0.2, -0.15) is 0 Å². The molecular formula is C67H67BN4. The van der Waals surface area contributed by atoms with Gasteiger partial charge in [0.05, 0.1) is 11.3 Å².